The summed E-state index contributed by atoms with van der Waals surface area (Å²) in [5, 5.41) is 24.7. The van der Waals surface area contributed by atoms with Gasteiger partial charge >= 0.3 is 0 Å². The molecule has 2 N–H and O–H groups in total. The number of fused-ring (bicyclic) bond motifs is 1. The average Bonchev–Trinajstić information content (AvgIpc) is 2.79. The van der Waals surface area contributed by atoms with Crippen LogP contribution in [0.3, 0.4) is 0 Å². The maximum atomic E-state index is 11.0. The fourth-order valence-corrected chi connectivity index (χ4v) is 4.39. The van der Waals surface area contributed by atoms with Crippen LogP contribution < -0.4 is 14.8 Å². The lowest BCUT2D eigenvalue weighted by Crippen LogP contribution is -2.30. The van der Waals surface area contributed by atoms with Crippen LogP contribution in [-0.2, 0) is 0 Å². The Labute approximate surface area is 180 Å². The number of hydrogen-bond acceptors (Lipinski definition) is 6. The molecule has 0 radical (unpaired) electrons. The fourth-order valence-electron chi connectivity index (χ4n) is 4.39. The quantitative estimate of drug-likeness (QED) is 0.432. The minimum Gasteiger partial charge on any atom is -0.504 e. The monoisotopic (exact) mass is 420 g/mol. The van der Waals surface area contributed by atoms with Crippen molar-refractivity contribution in [2.45, 2.75) is 18.9 Å². The third kappa shape index (κ3) is 3.74. The van der Waals surface area contributed by atoms with Crippen LogP contribution in [0.25, 0.3) is 0 Å². The van der Waals surface area contributed by atoms with Gasteiger partial charge in [-0.2, -0.15) is 0 Å². The number of phenolic OH excluding ortho intramolecular Hbond substituents is 1. The molecule has 1 aliphatic heterocycles. The smallest absolute Gasteiger partial charge is 0.269 e. The van der Waals surface area contributed by atoms with Crippen LogP contribution in [0.1, 0.15) is 35.6 Å². The molecule has 0 unspecified atom stereocenters. The van der Waals surface area contributed by atoms with E-state index in [1.54, 1.807) is 25.3 Å². The van der Waals surface area contributed by atoms with Gasteiger partial charge in [-0.15, -0.1) is 0 Å². The number of rotatable bonds is 5. The predicted octanol–water partition coefficient (Wildman–Crippen LogP) is 5.25. The summed E-state index contributed by atoms with van der Waals surface area (Å²) in [7, 11) is 3.17. The Bertz CT molecular complexity index is 1110. The van der Waals surface area contributed by atoms with Crippen LogP contribution in [0, 0.1) is 16.0 Å². The van der Waals surface area contributed by atoms with E-state index in [0.29, 0.717) is 5.75 Å². The van der Waals surface area contributed by atoms with Crippen molar-refractivity contribution in [1.29, 1.82) is 0 Å². The molecule has 0 amide bonds. The molecular formula is C24H24N2O5. The van der Waals surface area contributed by atoms with E-state index in [-0.39, 0.29) is 29.3 Å². The van der Waals surface area contributed by atoms with Gasteiger partial charge < -0.3 is 19.9 Å². The molecular weight excluding hydrogens is 396 g/mol. The summed E-state index contributed by atoms with van der Waals surface area (Å²) in [4.78, 5) is 10.7. The Balaban J connectivity index is 1.82. The summed E-state index contributed by atoms with van der Waals surface area (Å²) < 4.78 is 10.8. The van der Waals surface area contributed by atoms with E-state index in [2.05, 4.69) is 12.2 Å². The molecule has 160 valence electrons. The van der Waals surface area contributed by atoms with Gasteiger partial charge in [0, 0.05) is 23.7 Å². The lowest BCUT2D eigenvalue weighted by atomic mass is 9.73. The summed E-state index contributed by atoms with van der Waals surface area (Å²) in [6, 6.07) is 17.9. The van der Waals surface area contributed by atoms with Gasteiger partial charge in [-0.3, -0.25) is 10.1 Å². The maximum Gasteiger partial charge on any atom is 0.269 e. The molecule has 0 fully saturated rings. The first-order valence-electron chi connectivity index (χ1n) is 9.98. The average molecular weight is 420 g/mol. The molecule has 0 aliphatic carbocycles. The first kappa shape index (κ1) is 20.5. The van der Waals surface area contributed by atoms with Gasteiger partial charge in [-0.1, -0.05) is 25.1 Å². The number of anilines is 1. The number of phenols is 1. The van der Waals surface area contributed by atoms with Crippen LogP contribution in [0.15, 0.2) is 60.7 Å². The highest BCUT2D eigenvalue weighted by Crippen LogP contribution is 2.49. The molecule has 1 heterocycles. The Morgan fingerprint density at radius 2 is 1.68 bits per heavy atom. The molecule has 7 heteroatoms. The SMILES string of the molecule is COc1ccc2c(c1)[C@@H](c1ccc(O)c(OC)c1)[C@H](C)[C@@H](c1ccc([N+](=O)[O-])cc1)N2. The van der Waals surface area contributed by atoms with Crippen molar-refractivity contribution in [1.82, 2.24) is 0 Å². The molecule has 0 aromatic heterocycles. The molecule has 4 rings (SSSR count). The third-order valence-electron chi connectivity index (χ3n) is 5.98. The topological polar surface area (TPSA) is 93.9 Å². The highest BCUT2D eigenvalue weighted by molar-refractivity contribution is 5.63. The second-order valence-corrected chi connectivity index (χ2v) is 7.69. The Hall–Kier alpha value is -3.74. The lowest BCUT2D eigenvalue weighted by molar-refractivity contribution is -0.384. The van der Waals surface area contributed by atoms with E-state index in [1.165, 1.54) is 19.2 Å². The van der Waals surface area contributed by atoms with Crippen LogP contribution in [0.2, 0.25) is 0 Å². The first-order chi connectivity index (χ1) is 14.9. The molecule has 3 aromatic rings. The van der Waals surface area contributed by atoms with E-state index in [0.717, 1.165) is 28.1 Å². The predicted molar refractivity (Wildman–Crippen MR) is 118 cm³/mol. The van der Waals surface area contributed by atoms with Crippen molar-refractivity contribution < 1.29 is 19.5 Å². The van der Waals surface area contributed by atoms with Gasteiger partial charge in [0.05, 0.1) is 25.2 Å². The van der Waals surface area contributed by atoms with Gasteiger partial charge in [-0.05, 0) is 52.9 Å². The van der Waals surface area contributed by atoms with Crippen molar-refractivity contribution >= 4 is 11.4 Å². The first-order valence-corrected chi connectivity index (χ1v) is 9.98. The van der Waals surface area contributed by atoms with Crippen molar-refractivity contribution in [2.24, 2.45) is 5.92 Å². The highest BCUT2D eigenvalue weighted by Gasteiger charge is 2.36. The molecule has 3 aromatic carbocycles. The summed E-state index contributed by atoms with van der Waals surface area (Å²) in [6.45, 7) is 2.14. The number of nitro benzene ring substituents is 1. The number of non-ortho nitro benzene ring substituents is 1. The van der Waals surface area contributed by atoms with Crippen molar-refractivity contribution in [3.05, 3.63) is 87.5 Å². The standard InChI is InChI=1S/C24H24N2O5/c1-14-23(16-6-11-21(27)22(12-16)31-3)19-13-18(30-2)9-10-20(19)25-24(14)15-4-7-17(8-5-15)26(28)29/h4-14,23-25,27H,1-3H3/t14-,23+,24-/m0/s1. The zero-order valence-corrected chi connectivity index (χ0v) is 17.5. The molecule has 0 bridgehead atoms. The Morgan fingerprint density at radius 1 is 0.968 bits per heavy atom. The van der Waals surface area contributed by atoms with Crippen LogP contribution in [0.5, 0.6) is 17.2 Å². The van der Waals surface area contributed by atoms with Crippen LogP contribution in [0.4, 0.5) is 11.4 Å². The number of ether oxygens (including phenoxy) is 2. The fraction of sp³-hybridized carbons (Fsp3) is 0.250. The molecule has 0 saturated carbocycles. The van der Waals surface area contributed by atoms with Crippen molar-refractivity contribution in [2.75, 3.05) is 19.5 Å². The zero-order valence-electron chi connectivity index (χ0n) is 17.5. The minimum atomic E-state index is -0.394. The third-order valence-corrected chi connectivity index (χ3v) is 5.98. The lowest BCUT2D eigenvalue weighted by Gasteiger charge is -2.40. The van der Waals surface area contributed by atoms with E-state index < -0.39 is 4.92 Å². The van der Waals surface area contributed by atoms with E-state index in [9.17, 15) is 15.2 Å². The number of nitrogens with one attached hydrogen (secondary N) is 1. The van der Waals surface area contributed by atoms with Crippen LogP contribution >= 0.6 is 0 Å². The maximum absolute atomic E-state index is 11.0. The van der Waals surface area contributed by atoms with Gasteiger partial charge in [0.2, 0.25) is 0 Å². The number of aromatic hydroxyl groups is 1. The second kappa shape index (κ2) is 8.18. The van der Waals surface area contributed by atoms with Gasteiger partial charge in [0.25, 0.3) is 5.69 Å². The van der Waals surface area contributed by atoms with Gasteiger partial charge in [-0.25, -0.2) is 0 Å². The summed E-state index contributed by atoms with van der Waals surface area (Å²) in [5.41, 5.74) is 4.09. The van der Waals surface area contributed by atoms with E-state index >= 15 is 0 Å². The van der Waals surface area contributed by atoms with Crippen molar-refractivity contribution in [3.63, 3.8) is 0 Å². The number of benzene rings is 3. The number of nitro groups is 1. The zero-order chi connectivity index (χ0) is 22.1. The molecule has 1 aliphatic rings. The van der Waals surface area contributed by atoms with Gasteiger partial charge in [0.15, 0.2) is 11.5 Å². The number of methoxy groups -OCH3 is 2. The highest BCUT2D eigenvalue weighted by atomic mass is 16.6. The second-order valence-electron chi connectivity index (χ2n) is 7.69. The van der Waals surface area contributed by atoms with Crippen molar-refractivity contribution in [3.8, 4) is 17.2 Å². The largest absolute Gasteiger partial charge is 0.504 e. The number of hydrogen-bond donors (Lipinski definition) is 2. The molecule has 0 spiro atoms. The van der Waals surface area contributed by atoms with Crippen LogP contribution in [-0.4, -0.2) is 24.2 Å². The Morgan fingerprint density at radius 3 is 2.32 bits per heavy atom. The molecule has 0 saturated heterocycles. The normalized spacial score (nSPS) is 19.8. The Kier molecular flexibility index (Phi) is 5.42. The van der Waals surface area contributed by atoms with Gasteiger partial charge in [0.1, 0.15) is 5.75 Å². The molecule has 7 nitrogen and oxygen atoms in total. The molecule has 31 heavy (non-hydrogen) atoms. The summed E-state index contributed by atoms with van der Waals surface area (Å²) >= 11 is 0. The minimum absolute atomic E-state index is 0.0129. The summed E-state index contributed by atoms with van der Waals surface area (Å²) in [6.07, 6.45) is 0. The summed E-state index contributed by atoms with van der Waals surface area (Å²) in [5.74, 6) is 1.35. The molecule has 3 atom stereocenters. The number of nitrogens with zero attached hydrogens (tertiary/aromatic N) is 1. The van der Waals surface area contributed by atoms with E-state index in [4.69, 9.17) is 9.47 Å². The van der Waals surface area contributed by atoms with E-state index in [1.807, 2.05) is 30.3 Å².